The van der Waals surface area contributed by atoms with Gasteiger partial charge in [0.05, 0.1) is 41.7 Å². The summed E-state index contributed by atoms with van der Waals surface area (Å²) < 4.78 is 5.84. The van der Waals surface area contributed by atoms with E-state index in [1.165, 1.54) is 23.0 Å². The quantitative estimate of drug-likeness (QED) is 0.172. The fourth-order valence-corrected chi connectivity index (χ4v) is 9.39. The molecule has 4 aromatic carbocycles. The molecule has 0 bridgehead atoms. The number of amides is 4. The van der Waals surface area contributed by atoms with Crippen LogP contribution in [0.4, 0.5) is 11.4 Å². The normalized spacial score (nSPS) is 27.2. The molecule has 252 valence electrons. The second-order valence-electron chi connectivity index (χ2n) is 13.4. The Labute approximate surface area is 298 Å². The van der Waals surface area contributed by atoms with Crippen LogP contribution in [0.2, 0.25) is 10.0 Å². The lowest BCUT2D eigenvalue weighted by molar-refractivity contribution is -0.127. The van der Waals surface area contributed by atoms with Gasteiger partial charge in [-0.1, -0.05) is 83.4 Å². The molecule has 2 heterocycles. The first-order valence-electron chi connectivity index (χ1n) is 16.5. The maximum Gasteiger partial charge on any atom is 0.246 e. The van der Waals surface area contributed by atoms with E-state index in [9.17, 15) is 19.5 Å². The first-order chi connectivity index (χ1) is 24.1. The van der Waals surface area contributed by atoms with Crippen molar-refractivity contribution in [1.29, 1.82) is 0 Å². The summed E-state index contributed by atoms with van der Waals surface area (Å²) in [6, 6.07) is 25.7. The molecular weight excluding hydrogens is 675 g/mol. The number of aromatic hydroxyl groups is 1. The van der Waals surface area contributed by atoms with E-state index in [-0.39, 0.29) is 30.4 Å². The summed E-state index contributed by atoms with van der Waals surface area (Å²) in [4.78, 5) is 61.3. The van der Waals surface area contributed by atoms with E-state index < -0.39 is 46.8 Å². The molecule has 2 aliphatic heterocycles. The van der Waals surface area contributed by atoms with Gasteiger partial charge in [-0.05, 0) is 79.3 Å². The number of carbonyl (C=O) groups excluding carboxylic acids is 4. The van der Waals surface area contributed by atoms with E-state index in [0.717, 1.165) is 5.56 Å². The highest BCUT2D eigenvalue weighted by molar-refractivity contribution is 6.33. The summed E-state index contributed by atoms with van der Waals surface area (Å²) in [5.74, 6) is -5.41. The number of hydrogen-bond donors (Lipinski definition) is 1. The van der Waals surface area contributed by atoms with Crippen LogP contribution in [-0.2, 0) is 24.6 Å². The lowest BCUT2D eigenvalue weighted by atomic mass is 9.49. The maximum atomic E-state index is 15.4. The van der Waals surface area contributed by atoms with Crippen molar-refractivity contribution in [2.24, 2.45) is 23.7 Å². The number of benzene rings is 4. The number of aryl methyl sites for hydroxylation is 1. The molecule has 50 heavy (non-hydrogen) atoms. The highest BCUT2D eigenvalue weighted by Crippen LogP contribution is 2.66. The molecule has 4 aliphatic rings. The minimum absolute atomic E-state index is 0.113. The highest BCUT2D eigenvalue weighted by Gasteiger charge is 2.71. The SMILES string of the molecule is COc1cccc(O)c1[C@H]1C2=CC[C@@H]3C(=O)N(c4ccc(C)c(Cl)c4)C(=O)[C@@H]3[C@@H]2C[C@H]2C(=O)N(c3cccc(Cl)c3)C(=O)[C@@]12c1ccccc1. The predicted octanol–water partition coefficient (Wildman–Crippen LogP) is 7.38. The summed E-state index contributed by atoms with van der Waals surface area (Å²) in [7, 11) is 1.49. The van der Waals surface area contributed by atoms with E-state index in [1.807, 2.05) is 43.3 Å². The number of anilines is 2. The van der Waals surface area contributed by atoms with Gasteiger partial charge in [0.2, 0.25) is 23.6 Å². The van der Waals surface area contributed by atoms with Crippen LogP contribution >= 0.6 is 23.2 Å². The summed E-state index contributed by atoms with van der Waals surface area (Å²) in [5, 5.41) is 12.5. The van der Waals surface area contributed by atoms with Crippen molar-refractivity contribution in [3.8, 4) is 11.5 Å². The average molecular weight is 708 g/mol. The van der Waals surface area contributed by atoms with Crippen LogP contribution in [0.1, 0.15) is 35.4 Å². The number of hydrogen-bond acceptors (Lipinski definition) is 6. The van der Waals surface area contributed by atoms with Crippen molar-refractivity contribution < 1.29 is 29.0 Å². The fraction of sp³-hybridized carbons (Fsp3) is 0.250. The number of carbonyl (C=O) groups is 4. The van der Waals surface area contributed by atoms with Crippen LogP contribution in [0.25, 0.3) is 0 Å². The van der Waals surface area contributed by atoms with E-state index in [0.29, 0.717) is 43.9 Å². The van der Waals surface area contributed by atoms with Gasteiger partial charge in [-0.3, -0.25) is 19.2 Å². The number of imide groups is 2. The standard InChI is InChI=1S/C40H32Cl2N2O6/c1-21-14-15-25(19-30(21)42)43-36(46)27-17-16-26-28(33(27)38(43)48)20-29-37(47)44(24-11-6-10-23(41)18-24)39(49)40(29,22-8-4-3-5-9-22)35(26)34-31(45)12-7-13-32(34)50-2/h3-16,18-19,27-29,33,35,45H,17,20H2,1-2H3/t27-,28+,29-,33-,35+,40+/m0/s1. The molecule has 0 unspecified atom stereocenters. The van der Waals surface area contributed by atoms with Crippen molar-refractivity contribution in [3.05, 3.63) is 129 Å². The van der Waals surface area contributed by atoms with Crippen molar-refractivity contribution in [2.45, 2.75) is 31.1 Å². The highest BCUT2D eigenvalue weighted by atomic mass is 35.5. The molecule has 6 atom stereocenters. The summed E-state index contributed by atoms with van der Waals surface area (Å²) >= 11 is 12.8. The number of phenols is 1. The Bertz CT molecular complexity index is 2150. The molecule has 10 heteroatoms. The number of allylic oxidation sites excluding steroid dienone is 2. The van der Waals surface area contributed by atoms with Crippen molar-refractivity contribution >= 4 is 58.2 Å². The Kier molecular flexibility index (Phi) is 7.66. The van der Waals surface area contributed by atoms with Gasteiger partial charge in [0.1, 0.15) is 11.5 Å². The molecule has 0 spiro atoms. The zero-order chi connectivity index (χ0) is 35.1. The van der Waals surface area contributed by atoms with Crippen molar-refractivity contribution in [1.82, 2.24) is 0 Å². The van der Waals surface area contributed by atoms with Gasteiger partial charge >= 0.3 is 0 Å². The molecular formula is C40H32Cl2N2O6. The number of ether oxygens (including phenoxy) is 1. The second kappa shape index (κ2) is 11.9. The fourth-order valence-electron chi connectivity index (χ4n) is 9.03. The molecule has 2 aliphatic carbocycles. The molecule has 8 rings (SSSR count). The monoisotopic (exact) mass is 706 g/mol. The van der Waals surface area contributed by atoms with Crippen LogP contribution in [0.5, 0.6) is 11.5 Å². The number of phenolic OH excluding ortho intramolecular Hbond substituents is 1. The van der Waals surface area contributed by atoms with Crippen LogP contribution in [-0.4, -0.2) is 35.8 Å². The zero-order valence-electron chi connectivity index (χ0n) is 27.2. The van der Waals surface area contributed by atoms with Gasteiger partial charge in [0.15, 0.2) is 0 Å². The Morgan fingerprint density at radius 2 is 1.54 bits per heavy atom. The van der Waals surface area contributed by atoms with Gasteiger partial charge in [-0.15, -0.1) is 0 Å². The van der Waals surface area contributed by atoms with E-state index in [2.05, 4.69) is 0 Å². The van der Waals surface area contributed by atoms with Crippen LogP contribution in [0, 0.1) is 30.6 Å². The average Bonchev–Trinajstić information content (AvgIpc) is 3.50. The third-order valence-electron chi connectivity index (χ3n) is 11.1. The largest absolute Gasteiger partial charge is 0.508 e. The third kappa shape index (κ3) is 4.44. The lowest BCUT2D eigenvalue weighted by Crippen LogP contribution is -2.53. The topological polar surface area (TPSA) is 104 Å². The van der Waals surface area contributed by atoms with Crippen molar-refractivity contribution in [2.75, 3.05) is 16.9 Å². The smallest absolute Gasteiger partial charge is 0.246 e. The molecule has 2 saturated heterocycles. The van der Waals surface area contributed by atoms with Crippen molar-refractivity contribution in [3.63, 3.8) is 0 Å². The molecule has 0 aromatic heterocycles. The Morgan fingerprint density at radius 3 is 2.26 bits per heavy atom. The van der Waals surface area contributed by atoms with Crippen LogP contribution in [0.3, 0.4) is 0 Å². The van der Waals surface area contributed by atoms with E-state index in [4.69, 9.17) is 27.9 Å². The first kappa shape index (κ1) is 32.3. The van der Waals surface area contributed by atoms with Crippen LogP contribution < -0.4 is 14.5 Å². The molecule has 4 amide bonds. The number of nitrogens with zero attached hydrogens (tertiary/aromatic N) is 2. The minimum atomic E-state index is -1.54. The number of halogens is 2. The summed E-state index contributed by atoms with van der Waals surface area (Å²) in [5.41, 5.74) is 1.63. The Balaban J connectivity index is 1.37. The number of rotatable bonds is 5. The molecule has 8 nitrogen and oxygen atoms in total. The maximum absolute atomic E-state index is 15.4. The number of fused-ring (bicyclic) bond motifs is 4. The first-order valence-corrected chi connectivity index (χ1v) is 17.2. The summed E-state index contributed by atoms with van der Waals surface area (Å²) in [6.45, 7) is 1.84. The molecule has 0 radical (unpaired) electrons. The Hall–Kier alpha value is -4.92. The van der Waals surface area contributed by atoms with Gasteiger partial charge in [0.25, 0.3) is 0 Å². The molecule has 1 saturated carbocycles. The lowest BCUT2D eigenvalue weighted by Gasteiger charge is -2.51. The molecule has 1 N–H and O–H groups in total. The van der Waals surface area contributed by atoms with E-state index in [1.54, 1.807) is 54.6 Å². The van der Waals surface area contributed by atoms with Crippen LogP contribution in [0.15, 0.2) is 103 Å². The predicted molar refractivity (Wildman–Crippen MR) is 189 cm³/mol. The second-order valence-corrected chi connectivity index (χ2v) is 14.3. The minimum Gasteiger partial charge on any atom is -0.508 e. The zero-order valence-corrected chi connectivity index (χ0v) is 28.7. The van der Waals surface area contributed by atoms with Gasteiger partial charge in [0, 0.05) is 21.5 Å². The molecule has 3 fully saturated rings. The third-order valence-corrected chi connectivity index (χ3v) is 11.8. The Morgan fingerprint density at radius 1 is 0.800 bits per heavy atom. The number of methoxy groups -OCH3 is 1. The van der Waals surface area contributed by atoms with Gasteiger partial charge in [-0.2, -0.15) is 0 Å². The molecule has 4 aromatic rings. The van der Waals surface area contributed by atoms with Gasteiger partial charge in [-0.25, -0.2) is 9.80 Å². The van der Waals surface area contributed by atoms with Gasteiger partial charge < -0.3 is 9.84 Å². The summed E-state index contributed by atoms with van der Waals surface area (Å²) in [6.07, 6.45) is 2.30. The van der Waals surface area contributed by atoms with E-state index >= 15 is 4.79 Å².